The van der Waals surface area contributed by atoms with Gasteiger partial charge in [0.15, 0.2) is 5.65 Å². The first kappa shape index (κ1) is 22.7. The number of rotatable bonds is 5. The van der Waals surface area contributed by atoms with Crippen LogP contribution < -0.4 is 0 Å². The molecule has 186 valence electrons. The summed E-state index contributed by atoms with van der Waals surface area (Å²) >= 11 is 0. The molecule has 0 atom stereocenters. The fourth-order valence-corrected chi connectivity index (χ4v) is 5.33. The van der Waals surface area contributed by atoms with Crippen LogP contribution in [0.25, 0.3) is 56.0 Å². The van der Waals surface area contributed by atoms with E-state index in [1.165, 1.54) is 0 Å². The highest BCUT2D eigenvalue weighted by Crippen LogP contribution is 2.40. The number of nitrogens with zero attached hydrogens (tertiary/aromatic N) is 4. The summed E-state index contributed by atoms with van der Waals surface area (Å²) in [7, 11) is 0. The van der Waals surface area contributed by atoms with E-state index >= 15 is 0 Å². The monoisotopic (exact) mass is 506 g/mol. The number of para-hydroxylation sites is 3. The second-order valence-electron chi connectivity index (χ2n) is 9.32. The fraction of sp³-hybridized carbons (Fsp3) is 0. The topological polar surface area (TPSA) is 65.9 Å². The van der Waals surface area contributed by atoms with Crippen molar-refractivity contribution in [2.75, 3.05) is 0 Å². The Morgan fingerprint density at radius 1 is 0.615 bits per heavy atom. The highest BCUT2D eigenvalue weighted by molar-refractivity contribution is 6.09. The molecule has 0 bridgehead atoms. The highest BCUT2D eigenvalue weighted by atomic mass is 16.6. The third-order valence-corrected chi connectivity index (χ3v) is 7.04. The van der Waals surface area contributed by atoms with Crippen LogP contribution in [0.4, 0.5) is 5.69 Å². The van der Waals surface area contributed by atoms with Crippen LogP contribution in [-0.4, -0.2) is 19.0 Å². The number of benzene rings is 5. The lowest BCUT2D eigenvalue weighted by molar-refractivity contribution is -0.384. The lowest BCUT2D eigenvalue weighted by Gasteiger charge is -2.11. The van der Waals surface area contributed by atoms with Gasteiger partial charge < -0.3 is 0 Å². The summed E-state index contributed by atoms with van der Waals surface area (Å²) in [6.45, 7) is 0. The molecule has 5 aromatic carbocycles. The van der Waals surface area contributed by atoms with E-state index in [0.717, 1.165) is 50.4 Å². The summed E-state index contributed by atoms with van der Waals surface area (Å²) in [6.07, 6.45) is 0. The molecule has 7 rings (SSSR count). The number of hydrogen-bond acceptors (Lipinski definition) is 3. The lowest BCUT2D eigenvalue weighted by Crippen LogP contribution is -1.98. The number of aromatic nitrogens is 3. The molecule has 6 nitrogen and oxygen atoms in total. The van der Waals surface area contributed by atoms with E-state index in [2.05, 4.69) is 51.6 Å². The molecular weight excluding hydrogens is 484 g/mol. The average molecular weight is 507 g/mol. The number of imidazole rings is 1. The van der Waals surface area contributed by atoms with Crippen LogP contribution in [0.1, 0.15) is 0 Å². The summed E-state index contributed by atoms with van der Waals surface area (Å²) in [6, 6.07) is 43.4. The molecule has 6 heteroatoms. The molecule has 0 aliphatic heterocycles. The first-order valence-electron chi connectivity index (χ1n) is 12.7. The van der Waals surface area contributed by atoms with E-state index in [9.17, 15) is 10.1 Å². The van der Waals surface area contributed by atoms with Gasteiger partial charge in [0.05, 0.1) is 16.0 Å². The molecule has 0 N–H and O–H groups in total. The highest BCUT2D eigenvalue weighted by Gasteiger charge is 2.24. The van der Waals surface area contributed by atoms with Gasteiger partial charge in [0.2, 0.25) is 0 Å². The third kappa shape index (κ3) is 3.69. The van der Waals surface area contributed by atoms with Crippen molar-refractivity contribution in [3.63, 3.8) is 0 Å². The summed E-state index contributed by atoms with van der Waals surface area (Å²) in [5.74, 6) is 0.848. The van der Waals surface area contributed by atoms with Crippen LogP contribution in [0.15, 0.2) is 133 Å². The molecule has 0 unspecified atom stereocenters. The van der Waals surface area contributed by atoms with Gasteiger partial charge >= 0.3 is 0 Å². The maximum Gasteiger partial charge on any atom is 0.277 e. The smallest absolute Gasteiger partial charge is 0.277 e. The van der Waals surface area contributed by atoms with Crippen molar-refractivity contribution in [1.82, 2.24) is 14.1 Å². The second kappa shape index (κ2) is 9.11. The molecule has 39 heavy (non-hydrogen) atoms. The van der Waals surface area contributed by atoms with Gasteiger partial charge in [-0.3, -0.25) is 19.2 Å². The molecule has 0 amide bonds. The molecule has 0 aliphatic rings. The van der Waals surface area contributed by atoms with Gasteiger partial charge in [0.1, 0.15) is 11.3 Å². The Morgan fingerprint density at radius 3 is 1.87 bits per heavy atom. The number of nitro benzene ring substituents is 1. The predicted octanol–water partition coefficient (Wildman–Crippen LogP) is 8.21. The molecule has 0 saturated carbocycles. The maximum atomic E-state index is 11.8. The van der Waals surface area contributed by atoms with Crippen molar-refractivity contribution in [1.29, 1.82) is 0 Å². The van der Waals surface area contributed by atoms with Crippen molar-refractivity contribution in [3.05, 3.63) is 144 Å². The maximum absolute atomic E-state index is 11.8. The standard InChI is InChI=1S/C33H22N4O2/c38-37(39)29-19-11-10-18-27(29)24-20-21-28-30(22-24)35(25-14-6-2-7-15-25)33-31(28)36(26-16-8-3-9-17-26)32(34-33)23-12-4-1-5-13-23/h1-22H. The number of hydrogen-bond donors (Lipinski definition) is 0. The first-order chi connectivity index (χ1) is 19.2. The first-order valence-corrected chi connectivity index (χ1v) is 12.7. The van der Waals surface area contributed by atoms with Gasteiger partial charge in [-0.25, -0.2) is 4.98 Å². The van der Waals surface area contributed by atoms with Gasteiger partial charge in [-0.2, -0.15) is 0 Å². The minimum Gasteiger partial charge on any atom is -0.293 e. The normalized spacial score (nSPS) is 11.3. The number of nitro groups is 1. The van der Waals surface area contributed by atoms with Crippen LogP contribution in [0, 0.1) is 10.1 Å². The fourth-order valence-electron chi connectivity index (χ4n) is 5.33. The van der Waals surface area contributed by atoms with Crippen LogP contribution in [-0.2, 0) is 0 Å². The molecule has 0 spiro atoms. The Hall–Kier alpha value is -5.49. The van der Waals surface area contributed by atoms with E-state index in [-0.39, 0.29) is 10.6 Å². The van der Waals surface area contributed by atoms with Gasteiger partial charge in [-0.15, -0.1) is 0 Å². The largest absolute Gasteiger partial charge is 0.293 e. The molecule has 0 aliphatic carbocycles. The van der Waals surface area contributed by atoms with E-state index < -0.39 is 0 Å². The zero-order chi connectivity index (χ0) is 26.3. The average Bonchev–Trinajstić information content (AvgIpc) is 3.53. The lowest BCUT2D eigenvalue weighted by atomic mass is 10.0. The van der Waals surface area contributed by atoms with Crippen molar-refractivity contribution >= 4 is 27.8 Å². The molecule has 0 fully saturated rings. The van der Waals surface area contributed by atoms with Crippen molar-refractivity contribution < 1.29 is 4.92 Å². The molecule has 0 saturated heterocycles. The van der Waals surface area contributed by atoms with Crippen LogP contribution in [0.3, 0.4) is 0 Å². The quantitative estimate of drug-likeness (QED) is 0.174. The summed E-state index contributed by atoms with van der Waals surface area (Å²) in [5.41, 5.74) is 7.16. The molecular formula is C33H22N4O2. The van der Waals surface area contributed by atoms with Gasteiger partial charge in [0, 0.05) is 28.4 Å². The summed E-state index contributed by atoms with van der Waals surface area (Å²) < 4.78 is 4.35. The van der Waals surface area contributed by atoms with Gasteiger partial charge in [-0.1, -0.05) is 84.9 Å². The zero-order valence-corrected chi connectivity index (χ0v) is 20.8. The Kier molecular flexibility index (Phi) is 5.30. The zero-order valence-electron chi connectivity index (χ0n) is 20.8. The van der Waals surface area contributed by atoms with Gasteiger partial charge in [0.25, 0.3) is 5.69 Å². The number of fused-ring (bicyclic) bond motifs is 3. The summed E-state index contributed by atoms with van der Waals surface area (Å²) in [5, 5.41) is 12.8. The van der Waals surface area contributed by atoms with Crippen LogP contribution in [0.2, 0.25) is 0 Å². The van der Waals surface area contributed by atoms with E-state index in [1.54, 1.807) is 18.2 Å². The third-order valence-electron chi connectivity index (χ3n) is 7.04. The van der Waals surface area contributed by atoms with Crippen molar-refractivity contribution in [2.24, 2.45) is 0 Å². The van der Waals surface area contributed by atoms with Crippen molar-refractivity contribution in [2.45, 2.75) is 0 Å². The van der Waals surface area contributed by atoms with Crippen molar-refractivity contribution in [3.8, 4) is 33.9 Å². The predicted molar refractivity (Wildman–Crippen MR) is 155 cm³/mol. The Bertz CT molecular complexity index is 1980. The van der Waals surface area contributed by atoms with Crippen LogP contribution in [0.5, 0.6) is 0 Å². The SMILES string of the molecule is O=[N+]([O-])c1ccccc1-c1ccc2c3c(nc(-c4ccccc4)n3-c3ccccc3)n(-c3ccccc3)c2c1. The van der Waals surface area contributed by atoms with E-state index in [0.29, 0.717) is 5.56 Å². The summed E-state index contributed by atoms with van der Waals surface area (Å²) in [4.78, 5) is 16.7. The van der Waals surface area contributed by atoms with E-state index in [1.807, 2.05) is 72.8 Å². The minimum atomic E-state index is -0.330. The Morgan fingerprint density at radius 2 is 1.21 bits per heavy atom. The Labute approximate surface area is 224 Å². The second-order valence-corrected chi connectivity index (χ2v) is 9.32. The van der Waals surface area contributed by atoms with Crippen LogP contribution >= 0.6 is 0 Å². The van der Waals surface area contributed by atoms with E-state index in [4.69, 9.17) is 4.98 Å². The molecule has 2 heterocycles. The molecule has 0 radical (unpaired) electrons. The van der Waals surface area contributed by atoms with Gasteiger partial charge in [-0.05, 0) is 48.0 Å². The Balaban J connectivity index is 1.61. The molecule has 2 aromatic heterocycles. The minimum absolute atomic E-state index is 0.0810. The molecule has 7 aromatic rings.